The van der Waals surface area contributed by atoms with E-state index in [1.807, 2.05) is 0 Å². The lowest BCUT2D eigenvalue weighted by atomic mass is 9.88. The zero-order valence-electron chi connectivity index (χ0n) is 11.4. The van der Waals surface area contributed by atoms with Crippen molar-refractivity contribution in [2.45, 2.75) is 26.2 Å². The summed E-state index contributed by atoms with van der Waals surface area (Å²) in [6.07, 6.45) is 4.45. The predicted octanol–water partition coefficient (Wildman–Crippen LogP) is 4.35. The molecule has 2 aromatic heterocycles. The van der Waals surface area contributed by atoms with Crippen LogP contribution in [0.25, 0.3) is 0 Å². The van der Waals surface area contributed by atoms with Crippen molar-refractivity contribution in [1.29, 1.82) is 5.26 Å². The summed E-state index contributed by atoms with van der Waals surface area (Å²) in [6.45, 7) is 2.22. The first-order valence-corrected chi connectivity index (χ1v) is 8.30. The number of furan rings is 1. The first-order chi connectivity index (χ1) is 10.1. The van der Waals surface area contributed by atoms with Gasteiger partial charge in [-0.25, -0.2) is 0 Å². The molecule has 1 N–H and O–H groups in total. The summed E-state index contributed by atoms with van der Waals surface area (Å²) in [7, 11) is 0. The fourth-order valence-corrected chi connectivity index (χ4v) is 4.36. The highest BCUT2D eigenvalue weighted by molar-refractivity contribution is 9.10. The van der Waals surface area contributed by atoms with Crippen molar-refractivity contribution in [1.82, 2.24) is 0 Å². The highest BCUT2D eigenvalue weighted by atomic mass is 79.9. The van der Waals surface area contributed by atoms with Gasteiger partial charge in [0.2, 0.25) is 0 Å². The van der Waals surface area contributed by atoms with Crippen molar-refractivity contribution in [3.05, 3.63) is 38.6 Å². The third kappa shape index (κ3) is 2.63. The minimum atomic E-state index is -0.265. The van der Waals surface area contributed by atoms with E-state index in [1.54, 1.807) is 6.07 Å². The maximum absolute atomic E-state index is 12.2. The second kappa shape index (κ2) is 5.66. The van der Waals surface area contributed by atoms with E-state index in [-0.39, 0.29) is 5.91 Å². The topological polar surface area (TPSA) is 66.0 Å². The second-order valence-electron chi connectivity index (χ2n) is 5.23. The minimum absolute atomic E-state index is 0.265. The molecular weight excluding hydrogens is 352 g/mol. The highest BCUT2D eigenvalue weighted by Crippen LogP contribution is 2.39. The van der Waals surface area contributed by atoms with Crippen LogP contribution in [0.2, 0.25) is 0 Å². The van der Waals surface area contributed by atoms with Crippen LogP contribution >= 0.6 is 27.3 Å². The molecule has 1 atom stereocenters. The maximum Gasteiger partial charge on any atom is 0.260 e. The molecule has 2 aromatic rings. The Morgan fingerprint density at radius 3 is 3.10 bits per heavy atom. The zero-order chi connectivity index (χ0) is 15.0. The van der Waals surface area contributed by atoms with Crippen molar-refractivity contribution < 1.29 is 9.21 Å². The van der Waals surface area contributed by atoms with Crippen LogP contribution in [0.1, 0.15) is 39.7 Å². The molecule has 0 saturated heterocycles. The molecule has 1 amide bonds. The lowest BCUT2D eigenvalue weighted by Crippen LogP contribution is -2.11. The molecule has 0 aliphatic heterocycles. The van der Waals surface area contributed by atoms with E-state index in [9.17, 15) is 10.1 Å². The van der Waals surface area contributed by atoms with E-state index in [0.717, 1.165) is 24.8 Å². The molecule has 0 saturated carbocycles. The van der Waals surface area contributed by atoms with Crippen LogP contribution in [0.4, 0.5) is 5.00 Å². The number of nitrogens with one attached hydrogen (secondary N) is 1. The number of nitriles is 1. The largest absolute Gasteiger partial charge is 0.457 e. The molecule has 1 aliphatic carbocycles. The van der Waals surface area contributed by atoms with E-state index in [1.165, 1.54) is 22.5 Å². The number of rotatable bonds is 2. The smallest absolute Gasteiger partial charge is 0.260 e. The van der Waals surface area contributed by atoms with Gasteiger partial charge in [-0.1, -0.05) is 6.92 Å². The molecule has 1 aliphatic rings. The monoisotopic (exact) mass is 364 g/mol. The first kappa shape index (κ1) is 14.4. The van der Waals surface area contributed by atoms with E-state index < -0.39 is 0 Å². The second-order valence-corrected chi connectivity index (χ2v) is 7.06. The molecule has 1 unspecified atom stereocenters. The molecule has 21 heavy (non-hydrogen) atoms. The Kier molecular flexibility index (Phi) is 3.87. The molecule has 2 heterocycles. The van der Waals surface area contributed by atoms with Crippen molar-refractivity contribution in [3.63, 3.8) is 0 Å². The molecular formula is C15H13BrN2O2S. The van der Waals surface area contributed by atoms with Gasteiger partial charge in [0, 0.05) is 4.88 Å². The molecule has 0 fully saturated rings. The molecule has 3 rings (SSSR count). The summed E-state index contributed by atoms with van der Waals surface area (Å²) in [5.74, 6) is 0.369. The third-order valence-corrected chi connectivity index (χ3v) is 5.50. The van der Waals surface area contributed by atoms with Gasteiger partial charge < -0.3 is 9.73 Å². The van der Waals surface area contributed by atoms with Crippen LogP contribution in [0.15, 0.2) is 21.4 Å². The van der Waals surface area contributed by atoms with Crippen LogP contribution in [0.3, 0.4) is 0 Å². The molecule has 0 radical (unpaired) electrons. The predicted molar refractivity (Wildman–Crippen MR) is 84.6 cm³/mol. The molecule has 6 heteroatoms. The zero-order valence-corrected chi connectivity index (χ0v) is 13.8. The number of halogens is 1. The number of carbonyl (C=O) groups is 1. The molecule has 108 valence electrons. The van der Waals surface area contributed by atoms with Crippen LogP contribution in [-0.4, -0.2) is 5.91 Å². The summed E-state index contributed by atoms with van der Waals surface area (Å²) in [5.41, 5.74) is 2.16. The number of nitrogens with zero attached hydrogens (tertiary/aromatic N) is 1. The normalized spacial score (nSPS) is 17.1. The van der Waals surface area contributed by atoms with E-state index in [0.29, 0.717) is 26.7 Å². The van der Waals surface area contributed by atoms with Gasteiger partial charge in [-0.3, -0.25) is 4.79 Å². The van der Waals surface area contributed by atoms with Crippen molar-refractivity contribution in [2.75, 3.05) is 5.32 Å². The van der Waals surface area contributed by atoms with Gasteiger partial charge in [0.05, 0.1) is 17.4 Å². The standard InChI is InChI=1S/C15H13BrN2O2S/c1-8-2-3-9-11(7-17)15(21-12(9)6-8)18-14(19)10-4-5-20-13(10)16/h4-5,8H,2-3,6H2,1H3,(H,18,19). The van der Waals surface area contributed by atoms with Gasteiger partial charge in [-0.15, -0.1) is 11.3 Å². The number of hydrogen-bond acceptors (Lipinski definition) is 4. The summed E-state index contributed by atoms with van der Waals surface area (Å²) >= 11 is 4.71. The van der Waals surface area contributed by atoms with Gasteiger partial charge >= 0.3 is 0 Å². The Labute approximate surface area is 134 Å². The average Bonchev–Trinajstić information content (AvgIpc) is 3.01. The van der Waals surface area contributed by atoms with Crippen LogP contribution in [0.5, 0.6) is 0 Å². The summed E-state index contributed by atoms with van der Waals surface area (Å²) < 4.78 is 5.47. The van der Waals surface area contributed by atoms with Gasteiger partial charge in [-0.2, -0.15) is 5.26 Å². The maximum atomic E-state index is 12.2. The molecule has 0 spiro atoms. The Morgan fingerprint density at radius 1 is 1.62 bits per heavy atom. The van der Waals surface area contributed by atoms with Gasteiger partial charge in [0.15, 0.2) is 4.67 Å². The van der Waals surface area contributed by atoms with Crippen LogP contribution in [0, 0.1) is 17.2 Å². The van der Waals surface area contributed by atoms with E-state index in [2.05, 4.69) is 34.2 Å². The number of hydrogen-bond donors (Lipinski definition) is 1. The Balaban J connectivity index is 1.91. The number of thiophene rings is 1. The van der Waals surface area contributed by atoms with Crippen LogP contribution in [-0.2, 0) is 12.8 Å². The average molecular weight is 365 g/mol. The van der Waals surface area contributed by atoms with Gasteiger partial charge in [0.1, 0.15) is 11.1 Å². The minimum Gasteiger partial charge on any atom is -0.457 e. The number of carbonyl (C=O) groups excluding carboxylic acids is 1. The summed E-state index contributed by atoms with van der Waals surface area (Å²) in [6, 6.07) is 3.84. The van der Waals surface area contributed by atoms with Gasteiger partial charge in [0.25, 0.3) is 5.91 Å². The summed E-state index contributed by atoms with van der Waals surface area (Å²) in [5, 5.41) is 12.9. The van der Waals surface area contributed by atoms with Crippen molar-refractivity contribution in [3.8, 4) is 6.07 Å². The molecule has 4 nitrogen and oxygen atoms in total. The third-order valence-electron chi connectivity index (χ3n) is 3.71. The first-order valence-electron chi connectivity index (χ1n) is 6.69. The number of fused-ring (bicyclic) bond motifs is 1. The lowest BCUT2D eigenvalue weighted by Gasteiger charge is -2.17. The Hall–Kier alpha value is -1.58. The fourth-order valence-electron chi connectivity index (χ4n) is 2.58. The van der Waals surface area contributed by atoms with Gasteiger partial charge in [-0.05, 0) is 52.7 Å². The SMILES string of the molecule is CC1CCc2c(sc(NC(=O)c3ccoc3Br)c2C#N)C1. The van der Waals surface area contributed by atoms with Crippen molar-refractivity contribution in [2.24, 2.45) is 5.92 Å². The molecule has 0 bridgehead atoms. The molecule has 0 aromatic carbocycles. The number of amides is 1. The fraction of sp³-hybridized carbons (Fsp3) is 0.333. The highest BCUT2D eigenvalue weighted by Gasteiger charge is 2.25. The van der Waals surface area contributed by atoms with Crippen molar-refractivity contribution >= 4 is 38.2 Å². The van der Waals surface area contributed by atoms with Crippen LogP contribution < -0.4 is 5.32 Å². The lowest BCUT2D eigenvalue weighted by molar-refractivity contribution is 0.102. The quantitative estimate of drug-likeness (QED) is 0.860. The van der Waals surface area contributed by atoms with E-state index >= 15 is 0 Å². The van der Waals surface area contributed by atoms with E-state index in [4.69, 9.17) is 4.42 Å². The Bertz CT molecular complexity index is 741. The number of anilines is 1. The Morgan fingerprint density at radius 2 is 2.43 bits per heavy atom. The summed E-state index contributed by atoms with van der Waals surface area (Å²) in [4.78, 5) is 13.5.